The zero-order valence-electron chi connectivity index (χ0n) is 8.90. The van der Waals surface area contributed by atoms with E-state index in [1.54, 1.807) is 0 Å². The van der Waals surface area contributed by atoms with Crippen LogP contribution >= 0.6 is 15.9 Å². The van der Waals surface area contributed by atoms with Gasteiger partial charge in [0.1, 0.15) is 5.75 Å². The van der Waals surface area contributed by atoms with Crippen LogP contribution < -0.4 is 4.74 Å². The van der Waals surface area contributed by atoms with Gasteiger partial charge in [-0.1, -0.05) is 29.8 Å². The molecule has 1 rings (SSSR count). The fourth-order valence-corrected chi connectivity index (χ4v) is 1.60. The molecule has 0 saturated carbocycles. The molecule has 0 saturated heterocycles. The van der Waals surface area contributed by atoms with Gasteiger partial charge in [0.2, 0.25) is 0 Å². The van der Waals surface area contributed by atoms with Crippen molar-refractivity contribution in [2.24, 2.45) is 0 Å². The molecule has 0 aromatic heterocycles. The molecule has 4 heteroatoms. The summed E-state index contributed by atoms with van der Waals surface area (Å²) in [7, 11) is 1.44. The fourth-order valence-electron chi connectivity index (χ4n) is 1.30. The maximum absolute atomic E-state index is 13.1. The maximum atomic E-state index is 13.1. The van der Waals surface area contributed by atoms with Crippen LogP contribution in [0.2, 0.25) is 0 Å². The molecule has 0 fully saturated rings. The summed E-state index contributed by atoms with van der Waals surface area (Å²) < 4.78 is 31.1. The minimum Gasteiger partial charge on any atom is -0.496 e. The zero-order chi connectivity index (χ0) is 11.6. The van der Waals surface area contributed by atoms with E-state index in [0.717, 1.165) is 6.07 Å². The van der Waals surface area contributed by atoms with Crippen LogP contribution in [0.1, 0.15) is 19.4 Å². The summed E-state index contributed by atoms with van der Waals surface area (Å²) in [5.74, 6) is -1.36. The Bertz CT molecular complexity index is 364. The highest BCUT2D eigenvalue weighted by Gasteiger charge is 2.25. The summed E-state index contributed by atoms with van der Waals surface area (Å²) in [5.41, 5.74) is 0.348. The van der Waals surface area contributed by atoms with Crippen LogP contribution in [0, 0.1) is 11.6 Å². The average molecular weight is 279 g/mol. The lowest BCUT2D eigenvalue weighted by molar-refractivity contribution is 0.389. The van der Waals surface area contributed by atoms with E-state index in [1.165, 1.54) is 13.2 Å². The first-order valence-corrected chi connectivity index (χ1v) is 5.64. The van der Waals surface area contributed by atoms with Crippen LogP contribution in [-0.4, -0.2) is 12.4 Å². The van der Waals surface area contributed by atoms with E-state index in [4.69, 9.17) is 4.74 Å². The van der Waals surface area contributed by atoms with Crippen molar-refractivity contribution in [2.45, 2.75) is 19.3 Å². The van der Waals surface area contributed by atoms with Gasteiger partial charge in [0.05, 0.1) is 7.11 Å². The van der Waals surface area contributed by atoms with Gasteiger partial charge in [0.15, 0.2) is 11.6 Å². The van der Waals surface area contributed by atoms with Gasteiger partial charge in [0.25, 0.3) is 0 Å². The van der Waals surface area contributed by atoms with E-state index >= 15 is 0 Å². The second-order valence-electron chi connectivity index (χ2n) is 3.98. The second-order valence-corrected chi connectivity index (χ2v) is 4.54. The molecule has 15 heavy (non-hydrogen) atoms. The average Bonchev–Trinajstić information content (AvgIpc) is 2.21. The molecule has 0 N–H and O–H groups in total. The minimum absolute atomic E-state index is 0.306. The first-order valence-electron chi connectivity index (χ1n) is 4.52. The maximum Gasteiger partial charge on any atom is 0.162 e. The third-order valence-corrected chi connectivity index (χ3v) is 3.71. The van der Waals surface area contributed by atoms with E-state index in [-0.39, 0.29) is 5.41 Å². The van der Waals surface area contributed by atoms with Crippen molar-refractivity contribution in [2.75, 3.05) is 12.4 Å². The van der Waals surface area contributed by atoms with Crippen LogP contribution in [0.15, 0.2) is 12.1 Å². The van der Waals surface area contributed by atoms with E-state index in [0.29, 0.717) is 16.6 Å². The number of hydrogen-bond donors (Lipinski definition) is 0. The highest BCUT2D eigenvalue weighted by molar-refractivity contribution is 9.09. The normalized spacial score (nSPS) is 11.6. The van der Waals surface area contributed by atoms with Gasteiger partial charge in [-0.25, -0.2) is 8.78 Å². The minimum atomic E-state index is -0.888. The SMILES string of the molecule is COc1cc(F)c(F)cc1C(C)(C)CBr. The summed E-state index contributed by atoms with van der Waals surface area (Å²) >= 11 is 3.34. The highest BCUT2D eigenvalue weighted by atomic mass is 79.9. The van der Waals surface area contributed by atoms with Gasteiger partial charge in [-0.3, -0.25) is 0 Å². The molecular formula is C11H13BrF2O. The van der Waals surface area contributed by atoms with Crippen molar-refractivity contribution in [3.05, 3.63) is 29.3 Å². The molecule has 0 amide bonds. The molecule has 0 unspecified atom stereocenters. The summed E-state index contributed by atoms with van der Waals surface area (Å²) in [5, 5.41) is 0.640. The molecule has 0 spiro atoms. The molecule has 1 aromatic carbocycles. The van der Waals surface area contributed by atoms with Crippen LogP contribution in [0.25, 0.3) is 0 Å². The number of methoxy groups -OCH3 is 1. The molecule has 0 aliphatic rings. The van der Waals surface area contributed by atoms with Crippen molar-refractivity contribution in [3.63, 3.8) is 0 Å². The molecule has 0 radical (unpaired) electrons. The van der Waals surface area contributed by atoms with Crippen LogP contribution in [0.5, 0.6) is 5.75 Å². The number of alkyl halides is 1. The molecule has 1 aromatic rings. The van der Waals surface area contributed by atoms with Crippen LogP contribution in [0.3, 0.4) is 0 Å². The lowest BCUT2D eigenvalue weighted by Crippen LogP contribution is -2.20. The van der Waals surface area contributed by atoms with Gasteiger partial charge in [-0.2, -0.15) is 0 Å². The molecule has 0 bridgehead atoms. The van der Waals surface area contributed by atoms with Gasteiger partial charge in [-0.15, -0.1) is 0 Å². The summed E-state index contributed by atoms with van der Waals surface area (Å²) in [4.78, 5) is 0. The zero-order valence-corrected chi connectivity index (χ0v) is 10.5. The number of halogens is 3. The van der Waals surface area contributed by atoms with Crippen LogP contribution in [0.4, 0.5) is 8.78 Å². The Kier molecular flexibility index (Phi) is 3.71. The number of rotatable bonds is 3. The monoisotopic (exact) mass is 278 g/mol. The highest BCUT2D eigenvalue weighted by Crippen LogP contribution is 2.34. The summed E-state index contributed by atoms with van der Waals surface area (Å²) in [6, 6.07) is 2.27. The first-order chi connectivity index (χ1) is 6.92. The summed E-state index contributed by atoms with van der Waals surface area (Å²) in [6.45, 7) is 3.86. The van der Waals surface area contributed by atoms with E-state index in [9.17, 15) is 8.78 Å². The lowest BCUT2D eigenvalue weighted by atomic mass is 9.86. The fraction of sp³-hybridized carbons (Fsp3) is 0.455. The van der Waals surface area contributed by atoms with Gasteiger partial charge >= 0.3 is 0 Å². The number of benzene rings is 1. The Morgan fingerprint density at radius 2 is 1.80 bits per heavy atom. The Hall–Kier alpha value is -0.640. The molecular weight excluding hydrogens is 266 g/mol. The van der Waals surface area contributed by atoms with Crippen molar-refractivity contribution in [1.29, 1.82) is 0 Å². The van der Waals surface area contributed by atoms with Crippen molar-refractivity contribution in [3.8, 4) is 5.75 Å². The molecule has 0 heterocycles. The molecule has 1 nitrogen and oxygen atoms in total. The van der Waals surface area contributed by atoms with E-state index in [2.05, 4.69) is 15.9 Å². The van der Waals surface area contributed by atoms with E-state index < -0.39 is 11.6 Å². The van der Waals surface area contributed by atoms with Gasteiger partial charge in [-0.05, 0) is 6.07 Å². The first kappa shape index (κ1) is 12.4. The number of ether oxygens (including phenoxy) is 1. The third kappa shape index (κ3) is 2.48. The third-order valence-electron chi connectivity index (χ3n) is 2.31. The quantitative estimate of drug-likeness (QED) is 0.767. The Morgan fingerprint density at radius 3 is 2.27 bits per heavy atom. The van der Waals surface area contributed by atoms with Crippen molar-refractivity contribution in [1.82, 2.24) is 0 Å². The van der Waals surface area contributed by atoms with Gasteiger partial charge in [0, 0.05) is 22.4 Å². The molecule has 0 aliphatic heterocycles. The summed E-state index contributed by atoms with van der Waals surface area (Å²) in [6.07, 6.45) is 0. The standard InChI is InChI=1S/C11H13BrF2O/c1-11(2,6-12)7-4-8(13)9(14)5-10(7)15-3/h4-5H,6H2,1-3H3. The van der Waals surface area contributed by atoms with Crippen LogP contribution in [-0.2, 0) is 5.41 Å². The van der Waals surface area contributed by atoms with E-state index in [1.807, 2.05) is 13.8 Å². The Labute approximate surface area is 96.6 Å². The largest absolute Gasteiger partial charge is 0.496 e. The molecule has 0 atom stereocenters. The Balaban J connectivity index is 3.34. The number of hydrogen-bond acceptors (Lipinski definition) is 1. The van der Waals surface area contributed by atoms with Gasteiger partial charge < -0.3 is 4.74 Å². The topological polar surface area (TPSA) is 9.23 Å². The molecule has 0 aliphatic carbocycles. The van der Waals surface area contributed by atoms with Crippen molar-refractivity contribution < 1.29 is 13.5 Å². The van der Waals surface area contributed by atoms with Crippen molar-refractivity contribution >= 4 is 15.9 Å². The predicted molar refractivity (Wildman–Crippen MR) is 59.7 cm³/mol. The predicted octanol–water partition coefficient (Wildman–Crippen LogP) is 3.65. The lowest BCUT2D eigenvalue weighted by Gasteiger charge is -2.24. The second kappa shape index (κ2) is 4.47. The smallest absolute Gasteiger partial charge is 0.162 e. The Morgan fingerprint density at radius 1 is 1.27 bits per heavy atom. The molecule has 84 valence electrons.